The lowest BCUT2D eigenvalue weighted by atomic mass is 10.2. The minimum atomic E-state index is 0.0579. The lowest BCUT2D eigenvalue weighted by molar-refractivity contribution is 0.0992. The minimum absolute atomic E-state index is 0.0579. The quantitative estimate of drug-likeness (QED) is 0.815. The molecular formula is C14H14BrNOS. The molecule has 0 saturated carbocycles. The average molecular weight is 324 g/mol. The van der Waals surface area contributed by atoms with Crippen molar-refractivity contribution in [2.45, 2.75) is 13.8 Å². The van der Waals surface area contributed by atoms with E-state index >= 15 is 0 Å². The number of carbonyl (C=O) groups excluding carboxylic acids is 1. The van der Waals surface area contributed by atoms with Crippen molar-refractivity contribution in [3.8, 4) is 0 Å². The van der Waals surface area contributed by atoms with Crippen molar-refractivity contribution in [1.29, 1.82) is 0 Å². The van der Waals surface area contributed by atoms with Gasteiger partial charge in [0.25, 0.3) is 5.91 Å². The zero-order valence-corrected chi connectivity index (χ0v) is 12.7. The maximum Gasteiger partial charge on any atom is 0.268 e. The third kappa shape index (κ3) is 2.65. The Morgan fingerprint density at radius 3 is 2.50 bits per heavy atom. The van der Waals surface area contributed by atoms with Gasteiger partial charge >= 0.3 is 0 Å². The number of para-hydroxylation sites is 1. The largest absolute Gasteiger partial charge is 0.308 e. The molecule has 0 aliphatic rings. The number of benzene rings is 1. The number of anilines is 1. The fourth-order valence-electron chi connectivity index (χ4n) is 1.75. The van der Waals surface area contributed by atoms with Gasteiger partial charge in [-0.2, -0.15) is 0 Å². The molecule has 18 heavy (non-hydrogen) atoms. The van der Waals surface area contributed by atoms with Gasteiger partial charge in [0.1, 0.15) is 0 Å². The summed E-state index contributed by atoms with van der Waals surface area (Å²) in [5.74, 6) is 0.0579. The van der Waals surface area contributed by atoms with Gasteiger partial charge in [-0.25, -0.2) is 0 Å². The van der Waals surface area contributed by atoms with E-state index in [1.54, 1.807) is 4.90 Å². The van der Waals surface area contributed by atoms with Crippen LogP contribution in [0.3, 0.4) is 0 Å². The molecule has 0 saturated heterocycles. The molecule has 2 rings (SSSR count). The van der Waals surface area contributed by atoms with Crippen molar-refractivity contribution in [3.63, 3.8) is 0 Å². The zero-order valence-electron chi connectivity index (χ0n) is 10.3. The van der Waals surface area contributed by atoms with Crippen LogP contribution in [0.25, 0.3) is 0 Å². The Bertz CT molecular complexity index is 531. The molecule has 1 heterocycles. The molecule has 0 atom stereocenters. The lowest BCUT2D eigenvalue weighted by Crippen LogP contribution is -2.29. The SMILES string of the molecule is CCN(C(=O)c1cc(C)c(Br)s1)c1ccccc1. The molecule has 0 radical (unpaired) electrons. The van der Waals surface area contributed by atoms with Crippen LogP contribution in [0.4, 0.5) is 5.69 Å². The molecule has 0 N–H and O–H groups in total. The Morgan fingerprint density at radius 2 is 2.00 bits per heavy atom. The second-order valence-corrected chi connectivity index (χ2v) is 6.32. The molecule has 1 amide bonds. The van der Waals surface area contributed by atoms with E-state index in [0.29, 0.717) is 6.54 Å². The van der Waals surface area contributed by atoms with E-state index in [1.165, 1.54) is 11.3 Å². The maximum atomic E-state index is 12.5. The first kappa shape index (κ1) is 13.3. The summed E-state index contributed by atoms with van der Waals surface area (Å²) in [6, 6.07) is 11.7. The van der Waals surface area contributed by atoms with Crippen LogP contribution in [0.2, 0.25) is 0 Å². The molecule has 0 unspecified atom stereocenters. The highest BCUT2D eigenvalue weighted by Crippen LogP contribution is 2.29. The number of hydrogen-bond acceptors (Lipinski definition) is 2. The minimum Gasteiger partial charge on any atom is -0.308 e. The van der Waals surface area contributed by atoms with Crippen LogP contribution in [0.5, 0.6) is 0 Å². The number of aryl methyl sites for hydroxylation is 1. The lowest BCUT2D eigenvalue weighted by Gasteiger charge is -2.20. The third-order valence-corrected chi connectivity index (χ3v) is 4.82. The molecule has 1 aromatic heterocycles. The summed E-state index contributed by atoms with van der Waals surface area (Å²) in [5, 5.41) is 0. The van der Waals surface area contributed by atoms with Crippen molar-refractivity contribution in [3.05, 3.63) is 50.6 Å². The van der Waals surface area contributed by atoms with Crippen LogP contribution < -0.4 is 4.90 Å². The Morgan fingerprint density at radius 1 is 1.33 bits per heavy atom. The number of carbonyl (C=O) groups is 1. The second-order valence-electron chi connectivity index (χ2n) is 3.95. The summed E-state index contributed by atoms with van der Waals surface area (Å²) >= 11 is 4.95. The van der Waals surface area contributed by atoms with Gasteiger partial charge in [0.2, 0.25) is 0 Å². The molecule has 0 fully saturated rings. The van der Waals surface area contributed by atoms with E-state index in [0.717, 1.165) is 19.9 Å². The molecule has 0 aliphatic carbocycles. The summed E-state index contributed by atoms with van der Waals surface area (Å²) in [6.45, 7) is 4.65. The van der Waals surface area contributed by atoms with Gasteiger partial charge in [-0.15, -0.1) is 11.3 Å². The van der Waals surface area contributed by atoms with E-state index in [4.69, 9.17) is 0 Å². The third-order valence-electron chi connectivity index (χ3n) is 2.70. The summed E-state index contributed by atoms with van der Waals surface area (Å²) in [7, 11) is 0. The Balaban J connectivity index is 2.31. The number of amides is 1. The van der Waals surface area contributed by atoms with Gasteiger partial charge in [0, 0.05) is 12.2 Å². The van der Waals surface area contributed by atoms with Gasteiger partial charge in [0.15, 0.2) is 0 Å². The summed E-state index contributed by atoms with van der Waals surface area (Å²) in [4.78, 5) is 15.0. The van der Waals surface area contributed by atoms with Gasteiger partial charge in [-0.1, -0.05) is 18.2 Å². The van der Waals surface area contributed by atoms with Crippen molar-refractivity contribution in [2.24, 2.45) is 0 Å². The highest BCUT2D eigenvalue weighted by molar-refractivity contribution is 9.11. The van der Waals surface area contributed by atoms with Crippen LogP contribution in [0.1, 0.15) is 22.2 Å². The Labute approximate surface area is 119 Å². The maximum absolute atomic E-state index is 12.5. The van der Waals surface area contributed by atoms with E-state index in [2.05, 4.69) is 15.9 Å². The average Bonchev–Trinajstić information content (AvgIpc) is 2.72. The smallest absolute Gasteiger partial charge is 0.268 e. The predicted octanol–water partition coefficient (Wildman–Crippen LogP) is 4.49. The molecule has 2 aromatic rings. The standard InChI is InChI=1S/C14H14BrNOS/c1-3-16(11-7-5-4-6-8-11)14(17)12-9-10(2)13(15)18-12/h4-9H,3H2,1-2H3. The van der Waals surface area contributed by atoms with Crippen LogP contribution in [0.15, 0.2) is 40.2 Å². The van der Waals surface area contributed by atoms with Crippen LogP contribution in [0, 0.1) is 6.92 Å². The van der Waals surface area contributed by atoms with Crippen molar-refractivity contribution in [2.75, 3.05) is 11.4 Å². The molecule has 0 spiro atoms. The molecule has 94 valence electrons. The highest BCUT2D eigenvalue weighted by atomic mass is 79.9. The first-order chi connectivity index (χ1) is 8.63. The normalized spacial score (nSPS) is 10.4. The van der Waals surface area contributed by atoms with Crippen LogP contribution in [-0.4, -0.2) is 12.5 Å². The first-order valence-electron chi connectivity index (χ1n) is 5.76. The van der Waals surface area contributed by atoms with Crippen LogP contribution >= 0.6 is 27.3 Å². The molecule has 0 bridgehead atoms. The zero-order chi connectivity index (χ0) is 13.1. The number of hydrogen-bond donors (Lipinski definition) is 0. The number of halogens is 1. The number of thiophene rings is 1. The van der Waals surface area contributed by atoms with E-state index in [1.807, 2.05) is 50.2 Å². The molecule has 1 aromatic carbocycles. The predicted molar refractivity (Wildman–Crippen MR) is 80.5 cm³/mol. The molecular weight excluding hydrogens is 310 g/mol. The van der Waals surface area contributed by atoms with Crippen molar-refractivity contribution in [1.82, 2.24) is 0 Å². The number of rotatable bonds is 3. The Kier molecular flexibility index (Phi) is 4.19. The summed E-state index contributed by atoms with van der Waals surface area (Å²) in [6.07, 6.45) is 0. The molecule has 2 nitrogen and oxygen atoms in total. The highest BCUT2D eigenvalue weighted by Gasteiger charge is 2.18. The van der Waals surface area contributed by atoms with Gasteiger partial charge in [0.05, 0.1) is 8.66 Å². The van der Waals surface area contributed by atoms with Crippen molar-refractivity contribution >= 4 is 38.9 Å². The van der Waals surface area contributed by atoms with E-state index < -0.39 is 0 Å². The first-order valence-corrected chi connectivity index (χ1v) is 7.37. The van der Waals surface area contributed by atoms with E-state index in [9.17, 15) is 4.79 Å². The topological polar surface area (TPSA) is 20.3 Å². The number of nitrogens with zero attached hydrogens (tertiary/aromatic N) is 1. The summed E-state index contributed by atoms with van der Waals surface area (Å²) in [5.41, 5.74) is 2.04. The van der Waals surface area contributed by atoms with Gasteiger partial charge in [-0.05, 0) is 53.5 Å². The molecule has 4 heteroatoms. The molecule has 0 aliphatic heterocycles. The van der Waals surface area contributed by atoms with Crippen LogP contribution in [-0.2, 0) is 0 Å². The second kappa shape index (κ2) is 5.67. The van der Waals surface area contributed by atoms with Crippen molar-refractivity contribution < 1.29 is 4.79 Å². The fourth-order valence-corrected chi connectivity index (χ4v) is 3.23. The monoisotopic (exact) mass is 323 g/mol. The summed E-state index contributed by atoms with van der Waals surface area (Å²) < 4.78 is 1.02. The fraction of sp³-hybridized carbons (Fsp3) is 0.214. The van der Waals surface area contributed by atoms with E-state index in [-0.39, 0.29) is 5.91 Å². The van der Waals surface area contributed by atoms with Gasteiger partial charge < -0.3 is 4.90 Å². The Hall–Kier alpha value is -1.13. The van der Waals surface area contributed by atoms with Gasteiger partial charge in [-0.3, -0.25) is 4.79 Å².